The van der Waals surface area contributed by atoms with Crippen molar-refractivity contribution in [3.63, 3.8) is 0 Å². The minimum Gasteiger partial charge on any atom is -0.198 e. The molecule has 0 unspecified atom stereocenters. The van der Waals surface area contributed by atoms with Gasteiger partial charge in [-0.25, -0.2) is 0 Å². The molecule has 0 N–H and O–H groups in total. The molecule has 4 fully saturated rings. The standard InChI is InChI=1S/C27H47N/c1-3-5-7-8-10-13-25-17-20-27(21-18-25,22-19-25)24-11-15-26(23-28,16-12-24)14-9-6-4-2/h24H,3-22H2,1-2H3/t24-,25?,26-,27?. The highest BCUT2D eigenvalue weighted by atomic mass is 14.6. The van der Waals surface area contributed by atoms with Crippen LogP contribution < -0.4 is 0 Å². The van der Waals surface area contributed by atoms with Crippen LogP contribution in [-0.2, 0) is 0 Å². The van der Waals surface area contributed by atoms with Crippen molar-refractivity contribution in [2.45, 2.75) is 142 Å². The Morgan fingerprint density at radius 3 is 1.79 bits per heavy atom. The van der Waals surface area contributed by atoms with E-state index in [9.17, 15) is 5.26 Å². The van der Waals surface area contributed by atoms with E-state index in [0.717, 1.165) is 17.8 Å². The third kappa shape index (κ3) is 4.96. The fraction of sp³-hybridized carbons (Fsp3) is 0.963. The molecule has 0 aromatic rings. The molecular weight excluding hydrogens is 338 g/mol. The van der Waals surface area contributed by atoms with E-state index in [-0.39, 0.29) is 5.41 Å². The molecule has 4 rings (SSSR count). The second-order valence-corrected chi connectivity index (χ2v) is 11.2. The summed E-state index contributed by atoms with van der Waals surface area (Å²) in [4.78, 5) is 0. The molecule has 0 aliphatic heterocycles. The average molecular weight is 386 g/mol. The molecule has 0 aromatic heterocycles. The van der Waals surface area contributed by atoms with Gasteiger partial charge in [-0.3, -0.25) is 0 Å². The predicted molar refractivity (Wildman–Crippen MR) is 120 cm³/mol. The van der Waals surface area contributed by atoms with E-state index >= 15 is 0 Å². The molecule has 0 atom stereocenters. The number of hydrogen-bond donors (Lipinski definition) is 0. The summed E-state index contributed by atoms with van der Waals surface area (Å²) in [6.07, 6.45) is 27.9. The van der Waals surface area contributed by atoms with Crippen LogP contribution in [0.25, 0.3) is 0 Å². The van der Waals surface area contributed by atoms with Crippen molar-refractivity contribution in [2.24, 2.45) is 22.2 Å². The summed E-state index contributed by atoms with van der Waals surface area (Å²) in [6, 6.07) is 2.78. The summed E-state index contributed by atoms with van der Waals surface area (Å²) in [5.74, 6) is 0.933. The van der Waals surface area contributed by atoms with Crippen molar-refractivity contribution in [1.29, 1.82) is 5.26 Å². The Morgan fingerprint density at radius 2 is 1.21 bits per heavy atom. The predicted octanol–water partition coefficient (Wildman–Crippen LogP) is 8.97. The summed E-state index contributed by atoms with van der Waals surface area (Å²) in [5, 5.41) is 9.89. The van der Waals surface area contributed by atoms with Gasteiger partial charge in [0.1, 0.15) is 0 Å². The first-order valence-electron chi connectivity index (χ1n) is 13.0. The van der Waals surface area contributed by atoms with Crippen LogP contribution in [0, 0.1) is 33.5 Å². The molecule has 2 bridgehead atoms. The van der Waals surface area contributed by atoms with Crippen LogP contribution in [0.5, 0.6) is 0 Å². The van der Waals surface area contributed by atoms with Crippen molar-refractivity contribution in [3.8, 4) is 6.07 Å². The maximum Gasteiger partial charge on any atom is 0.0689 e. The van der Waals surface area contributed by atoms with Crippen LogP contribution in [0.1, 0.15) is 142 Å². The minimum atomic E-state index is 0.0356. The molecule has 0 aromatic carbocycles. The first kappa shape index (κ1) is 22.2. The van der Waals surface area contributed by atoms with Crippen LogP contribution >= 0.6 is 0 Å². The Morgan fingerprint density at radius 1 is 0.679 bits per heavy atom. The zero-order valence-corrected chi connectivity index (χ0v) is 19.2. The van der Waals surface area contributed by atoms with Gasteiger partial charge < -0.3 is 0 Å². The molecule has 0 amide bonds. The molecular formula is C27H47N. The lowest BCUT2D eigenvalue weighted by molar-refractivity contribution is -0.0690. The Bertz CT molecular complexity index is 480. The molecule has 0 heterocycles. The van der Waals surface area contributed by atoms with Gasteiger partial charge in [-0.2, -0.15) is 5.26 Å². The van der Waals surface area contributed by atoms with E-state index in [1.165, 1.54) is 122 Å². The van der Waals surface area contributed by atoms with Crippen LogP contribution in [0.15, 0.2) is 0 Å². The summed E-state index contributed by atoms with van der Waals surface area (Å²) in [7, 11) is 0. The number of nitriles is 1. The van der Waals surface area contributed by atoms with Crippen LogP contribution in [0.4, 0.5) is 0 Å². The lowest BCUT2D eigenvalue weighted by Gasteiger charge is -2.58. The fourth-order valence-electron chi connectivity index (χ4n) is 7.30. The Hall–Kier alpha value is -0.510. The summed E-state index contributed by atoms with van der Waals surface area (Å²) in [5.41, 5.74) is 1.45. The van der Waals surface area contributed by atoms with Crippen LogP contribution in [0.2, 0.25) is 0 Å². The van der Waals surface area contributed by atoms with E-state index in [0.29, 0.717) is 5.41 Å². The third-order valence-electron chi connectivity index (χ3n) is 9.58. The third-order valence-corrected chi connectivity index (χ3v) is 9.58. The summed E-state index contributed by atoms with van der Waals surface area (Å²) in [6.45, 7) is 4.59. The van der Waals surface area contributed by atoms with Gasteiger partial charge in [0.25, 0.3) is 0 Å². The minimum absolute atomic E-state index is 0.0356. The van der Waals surface area contributed by atoms with Crippen LogP contribution in [0.3, 0.4) is 0 Å². The zero-order valence-electron chi connectivity index (χ0n) is 19.2. The largest absolute Gasteiger partial charge is 0.198 e. The van der Waals surface area contributed by atoms with E-state index in [1.54, 1.807) is 0 Å². The number of fused-ring (bicyclic) bond motifs is 3. The topological polar surface area (TPSA) is 23.8 Å². The Labute approximate surface area is 176 Å². The van der Waals surface area contributed by atoms with Crippen molar-refractivity contribution in [1.82, 2.24) is 0 Å². The fourth-order valence-corrected chi connectivity index (χ4v) is 7.30. The second kappa shape index (κ2) is 10.00. The smallest absolute Gasteiger partial charge is 0.0689 e. The number of unbranched alkanes of at least 4 members (excludes halogenated alkanes) is 6. The molecule has 4 saturated carbocycles. The number of rotatable bonds is 11. The van der Waals surface area contributed by atoms with E-state index in [1.807, 2.05) is 0 Å². The quantitative estimate of drug-likeness (QED) is 0.325. The van der Waals surface area contributed by atoms with Gasteiger partial charge in [-0.05, 0) is 93.8 Å². The molecule has 28 heavy (non-hydrogen) atoms. The molecule has 0 saturated heterocycles. The molecule has 0 radical (unpaired) electrons. The van der Waals surface area contributed by atoms with Gasteiger partial charge in [0.05, 0.1) is 11.5 Å². The van der Waals surface area contributed by atoms with Crippen molar-refractivity contribution in [3.05, 3.63) is 0 Å². The van der Waals surface area contributed by atoms with E-state index < -0.39 is 0 Å². The molecule has 1 nitrogen and oxygen atoms in total. The van der Waals surface area contributed by atoms with E-state index in [2.05, 4.69) is 19.9 Å². The van der Waals surface area contributed by atoms with Crippen molar-refractivity contribution >= 4 is 0 Å². The Kier molecular flexibility index (Phi) is 7.92. The van der Waals surface area contributed by atoms with Crippen LogP contribution in [-0.4, -0.2) is 0 Å². The highest BCUT2D eigenvalue weighted by Crippen LogP contribution is 2.64. The zero-order chi connectivity index (χ0) is 19.9. The molecule has 4 aliphatic carbocycles. The van der Waals surface area contributed by atoms with Gasteiger partial charge in [-0.1, -0.05) is 65.2 Å². The maximum atomic E-state index is 9.89. The second-order valence-electron chi connectivity index (χ2n) is 11.2. The van der Waals surface area contributed by atoms with Gasteiger partial charge in [0, 0.05) is 0 Å². The molecule has 160 valence electrons. The monoisotopic (exact) mass is 385 g/mol. The normalized spacial score (nSPS) is 37.7. The van der Waals surface area contributed by atoms with Crippen molar-refractivity contribution in [2.75, 3.05) is 0 Å². The van der Waals surface area contributed by atoms with E-state index in [4.69, 9.17) is 0 Å². The lowest BCUT2D eigenvalue weighted by atomic mass is 9.47. The van der Waals surface area contributed by atoms with Gasteiger partial charge in [-0.15, -0.1) is 0 Å². The van der Waals surface area contributed by atoms with Gasteiger partial charge in [0.2, 0.25) is 0 Å². The summed E-state index contributed by atoms with van der Waals surface area (Å²) < 4.78 is 0. The first-order chi connectivity index (χ1) is 13.6. The molecule has 4 aliphatic rings. The first-order valence-corrected chi connectivity index (χ1v) is 13.0. The Balaban J connectivity index is 1.46. The average Bonchev–Trinajstić information content (AvgIpc) is 2.75. The van der Waals surface area contributed by atoms with Gasteiger partial charge in [0.15, 0.2) is 0 Å². The number of nitrogens with zero attached hydrogens (tertiary/aromatic N) is 1. The molecule has 1 heteroatoms. The number of hydrogen-bond acceptors (Lipinski definition) is 1. The lowest BCUT2D eigenvalue weighted by Crippen LogP contribution is -2.47. The maximum absolute atomic E-state index is 9.89. The van der Waals surface area contributed by atoms with Gasteiger partial charge >= 0.3 is 0 Å². The van der Waals surface area contributed by atoms with Crippen molar-refractivity contribution < 1.29 is 0 Å². The highest BCUT2D eigenvalue weighted by molar-refractivity contribution is 5.07. The summed E-state index contributed by atoms with van der Waals surface area (Å²) >= 11 is 0. The highest BCUT2D eigenvalue weighted by Gasteiger charge is 2.52. The molecule has 0 spiro atoms. The SMILES string of the molecule is CCCCCCCC12CCC([C@H]3CC[C@@](C#N)(CCCCC)CC3)(CC1)CC2.